The molecule has 2 aromatic rings. The van der Waals surface area contributed by atoms with Gasteiger partial charge in [-0.05, 0) is 19.1 Å². The van der Waals surface area contributed by atoms with Gasteiger partial charge in [-0.3, -0.25) is 0 Å². The maximum absolute atomic E-state index is 6.17. The molecule has 2 rings (SSSR count). The van der Waals surface area contributed by atoms with Gasteiger partial charge in [0, 0.05) is 28.6 Å². The maximum Gasteiger partial charge on any atom is 0.124 e. The van der Waals surface area contributed by atoms with Crippen LogP contribution in [0.5, 0.6) is 5.75 Å². The topological polar surface area (TPSA) is 34.1 Å². The molecule has 0 aliphatic heterocycles. The number of halogens is 1. The molecule has 0 aliphatic carbocycles. The molecule has 3 nitrogen and oxygen atoms in total. The Morgan fingerprint density at radius 1 is 1.39 bits per heavy atom. The Morgan fingerprint density at radius 2 is 2.22 bits per heavy atom. The van der Waals surface area contributed by atoms with Crippen molar-refractivity contribution in [3.05, 3.63) is 44.9 Å². The van der Waals surface area contributed by atoms with Crippen molar-refractivity contribution in [2.24, 2.45) is 0 Å². The van der Waals surface area contributed by atoms with E-state index >= 15 is 0 Å². The minimum atomic E-state index is 0.681. The highest BCUT2D eigenvalue weighted by Crippen LogP contribution is 2.26. The SMILES string of the molecule is COc1cccc(Cl)c1CNCc1scnc1C. The summed E-state index contributed by atoms with van der Waals surface area (Å²) in [7, 11) is 1.66. The highest BCUT2D eigenvalue weighted by Gasteiger charge is 2.07. The van der Waals surface area contributed by atoms with Gasteiger partial charge in [-0.25, -0.2) is 4.98 Å². The van der Waals surface area contributed by atoms with E-state index in [2.05, 4.69) is 10.3 Å². The van der Waals surface area contributed by atoms with Crippen molar-refractivity contribution in [1.82, 2.24) is 10.3 Å². The summed E-state index contributed by atoms with van der Waals surface area (Å²) < 4.78 is 5.30. The Balaban J connectivity index is 2.00. The first-order valence-electron chi connectivity index (χ1n) is 5.63. The maximum atomic E-state index is 6.17. The fourth-order valence-electron chi connectivity index (χ4n) is 1.70. The third-order valence-electron chi connectivity index (χ3n) is 2.73. The molecule has 0 atom stereocenters. The molecule has 0 saturated heterocycles. The highest BCUT2D eigenvalue weighted by atomic mass is 35.5. The zero-order chi connectivity index (χ0) is 13.0. The van der Waals surface area contributed by atoms with Gasteiger partial charge in [-0.1, -0.05) is 17.7 Å². The molecule has 0 radical (unpaired) electrons. The van der Waals surface area contributed by atoms with Crippen molar-refractivity contribution < 1.29 is 4.74 Å². The molecule has 0 fully saturated rings. The van der Waals surface area contributed by atoms with Crippen LogP contribution < -0.4 is 10.1 Å². The number of hydrogen-bond donors (Lipinski definition) is 1. The zero-order valence-corrected chi connectivity index (χ0v) is 11.9. The summed E-state index contributed by atoms with van der Waals surface area (Å²) in [5.41, 5.74) is 3.94. The number of nitrogens with zero attached hydrogens (tertiary/aromatic N) is 1. The van der Waals surface area contributed by atoms with Gasteiger partial charge in [0.25, 0.3) is 0 Å². The van der Waals surface area contributed by atoms with Gasteiger partial charge in [0.1, 0.15) is 5.75 Å². The van der Waals surface area contributed by atoms with Crippen molar-refractivity contribution >= 4 is 22.9 Å². The summed E-state index contributed by atoms with van der Waals surface area (Å²) in [5, 5.41) is 4.09. The summed E-state index contributed by atoms with van der Waals surface area (Å²) in [6.45, 7) is 3.49. The normalized spacial score (nSPS) is 10.6. The van der Waals surface area contributed by atoms with Crippen LogP contribution in [-0.4, -0.2) is 12.1 Å². The van der Waals surface area contributed by atoms with Gasteiger partial charge in [0.15, 0.2) is 0 Å². The van der Waals surface area contributed by atoms with Gasteiger partial charge in [-0.2, -0.15) is 0 Å². The molecule has 0 amide bonds. The number of aryl methyl sites for hydroxylation is 1. The van der Waals surface area contributed by atoms with Crippen LogP contribution in [0.25, 0.3) is 0 Å². The average molecular weight is 283 g/mol. The lowest BCUT2D eigenvalue weighted by Gasteiger charge is -2.11. The molecule has 1 aromatic carbocycles. The van der Waals surface area contributed by atoms with Crippen LogP contribution in [-0.2, 0) is 13.1 Å². The van der Waals surface area contributed by atoms with Crippen LogP contribution in [0.4, 0.5) is 0 Å². The summed E-state index contributed by atoms with van der Waals surface area (Å²) in [4.78, 5) is 5.47. The zero-order valence-electron chi connectivity index (χ0n) is 10.4. The Kier molecular flexibility index (Phi) is 4.58. The number of methoxy groups -OCH3 is 1. The fraction of sp³-hybridized carbons (Fsp3) is 0.308. The first-order valence-corrected chi connectivity index (χ1v) is 6.89. The number of benzene rings is 1. The third-order valence-corrected chi connectivity index (χ3v) is 4.02. The van der Waals surface area contributed by atoms with Crippen LogP contribution in [0.2, 0.25) is 5.02 Å². The fourth-order valence-corrected chi connectivity index (χ4v) is 2.68. The molecule has 5 heteroatoms. The molecule has 1 aromatic heterocycles. The summed E-state index contributed by atoms with van der Waals surface area (Å²) in [5.74, 6) is 0.816. The Labute approximate surface area is 116 Å². The van der Waals surface area contributed by atoms with E-state index in [1.54, 1.807) is 18.4 Å². The number of ether oxygens (including phenoxy) is 1. The minimum Gasteiger partial charge on any atom is -0.496 e. The monoisotopic (exact) mass is 282 g/mol. The first-order chi connectivity index (χ1) is 8.72. The predicted molar refractivity (Wildman–Crippen MR) is 75.4 cm³/mol. The molecule has 0 spiro atoms. The molecule has 1 heterocycles. The van der Waals surface area contributed by atoms with Crippen LogP contribution >= 0.6 is 22.9 Å². The predicted octanol–water partition coefficient (Wildman–Crippen LogP) is 3.40. The van der Waals surface area contributed by atoms with Crippen LogP contribution in [0.15, 0.2) is 23.7 Å². The van der Waals surface area contributed by atoms with Crippen molar-refractivity contribution in [3.63, 3.8) is 0 Å². The molecule has 18 heavy (non-hydrogen) atoms. The summed E-state index contributed by atoms with van der Waals surface area (Å²) in [6.07, 6.45) is 0. The number of hydrogen-bond acceptors (Lipinski definition) is 4. The lowest BCUT2D eigenvalue weighted by molar-refractivity contribution is 0.407. The van der Waals surface area contributed by atoms with Crippen molar-refractivity contribution in [2.75, 3.05) is 7.11 Å². The number of aromatic nitrogens is 1. The van der Waals surface area contributed by atoms with Crippen LogP contribution in [0.1, 0.15) is 16.1 Å². The van der Waals surface area contributed by atoms with E-state index in [9.17, 15) is 0 Å². The second kappa shape index (κ2) is 6.18. The molecule has 0 bridgehead atoms. The highest BCUT2D eigenvalue weighted by molar-refractivity contribution is 7.09. The van der Waals surface area contributed by atoms with Gasteiger partial charge >= 0.3 is 0 Å². The summed E-state index contributed by atoms with van der Waals surface area (Å²) in [6, 6.07) is 5.68. The second-order valence-electron chi connectivity index (χ2n) is 3.89. The van der Waals surface area contributed by atoms with E-state index in [1.807, 2.05) is 30.6 Å². The number of thiazole rings is 1. The molecule has 96 valence electrons. The van der Waals surface area contributed by atoms with Gasteiger partial charge in [0.2, 0.25) is 0 Å². The van der Waals surface area contributed by atoms with E-state index in [0.717, 1.165) is 28.6 Å². The standard InChI is InChI=1S/C13H15ClN2OS/c1-9-13(18-8-16-9)7-15-6-10-11(14)4-3-5-12(10)17-2/h3-5,8,15H,6-7H2,1-2H3. The number of nitrogens with one attached hydrogen (secondary N) is 1. The van der Waals surface area contributed by atoms with Gasteiger partial charge in [-0.15, -0.1) is 11.3 Å². The number of rotatable bonds is 5. The second-order valence-corrected chi connectivity index (χ2v) is 5.23. The smallest absolute Gasteiger partial charge is 0.124 e. The molecule has 0 unspecified atom stereocenters. The molecule has 0 aliphatic rings. The lowest BCUT2D eigenvalue weighted by atomic mass is 10.2. The first kappa shape index (κ1) is 13.3. The molecular formula is C13H15ClN2OS. The van der Waals surface area contributed by atoms with E-state index in [1.165, 1.54) is 4.88 Å². The van der Waals surface area contributed by atoms with Gasteiger partial charge in [0.05, 0.1) is 18.3 Å². The van der Waals surface area contributed by atoms with Crippen LogP contribution in [0, 0.1) is 6.92 Å². The molecular weight excluding hydrogens is 268 g/mol. The largest absolute Gasteiger partial charge is 0.496 e. The summed E-state index contributed by atoms with van der Waals surface area (Å²) >= 11 is 7.83. The van der Waals surface area contributed by atoms with E-state index in [0.29, 0.717) is 6.54 Å². The third kappa shape index (κ3) is 3.02. The van der Waals surface area contributed by atoms with Gasteiger partial charge < -0.3 is 10.1 Å². The van der Waals surface area contributed by atoms with E-state index < -0.39 is 0 Å². The minimum absolute atomic E-state index is 0.681. The Morgan fingerprint density at radius 3 is 2.89 bits per heavy atom. The average Bonchev–Trinajstić information content (AvgIpc) is 2.77. The molecule has 0 saturated carbocycles. The van der Waals surface area contributed by atoms with Crippen molar-refractivity contribution in [2.45, 2.75) is 20.0 Å². The quantitative estimate of drug-likeness (QED) is 0.913. The van der Waals surface area contributed by atoms with Crippen LogP contribution in [0.3, 0.4) is 0 Å². The lowest BCUT2D eigenvalue weighted by Crippen LogP contribution is -2.13. The van der Waals surface area contributed by atoms with E-state index in [-0.39, 0.29) is 0 Å². The Bertz CT molecular complexity index is 527. The Hall–Kier alpha value is -1.10. The van der Waals surface area contributed by atoms with Crippen molar-refractivity contribution in [3.8, 4) is 5.75 Å². The van der Waals surface area contributed by atoms with Crippen molar-refractivity contribution in [1.29, 1.82) is 0 Å². The van der Waals surface area contributed by atoms with E-state index in [4.69, 9.17) is 16.3 Å². The molecule has 1 N–H and O–H groups in total.